The summed E-state index contributed by atoms with van der Waals surface area (Å²) in [7, 11) is 0. The van der Waals surface area contributed by atoms with E-state index >= 15 is 0 Å². The molecule has 0 aromatic carbocycles. The van der Waals surface area contributed by atoms with Gasteiger partial charge in [0.1, 0.15) is 0 Å². The third-order valence-electron chi connectivity index (χ3n) is 5.60. The van der Waals surface area contributed by atoms with E-state index in [1.165, 1.54) is 51.4 Å². The molecule has 2 fully saturated rings. The Morgan fingerprint density at radius 2 is 1.67 bits per heavy atom. The fraction of sp³-hybridized carbons (Fsp3) is 0.550. The largest absolute Gasteiger partial charge is 0.0767 e. The summed E-state index contributed by atoms with van der Waals surface area (Å²) in [6.45, 7) is 2.54. The molecule has 0 aromatic heterocycles. The molecule has 0 N–H and O–H groups in total. The summed E-state index contributed by atoms with van der Waals surface area (Å²) in [5.74, 6) is 0.909. The van der Waals surface area contributed by atoms with Gasteiger partial charge in [-0.25, -0.2) is 0 Å². The van der Waals surface area contributed by atoms with E-state index in [-0.39, 0.29) is 16.8 Å². The van der Waals surface area contributed by atoms with Crippen LogP contribution in [0.1, 0.15) is 58.3 Å². The Hall–Kier alpha value is -0.534. The smallest absolute Gasteiger partial charge is 0.00506 e. The van der Waals surface area contributed by atoms with Crippen molar-refractivity contribution in [2.75, 3.05) is 0 Å². The first-order chi connectivity index (χ1) is 9.81. The van der Waals surface area contributed by atoms with Gasteiger partial charge in [0.25, 0.3) is 0 Å². The maximum atomic E-state index is 2.54. The summed E-state index contributed by atoms with van der Waals surface area (Å²) < 4.78 is 0. The molecule has 0 nitrogen and oxygen atoms in total. The molecule has 2 radical (unpaired) electrons. The molecule has 4 rings (SSSR count). The molecular weight excluding hydrogens is 299 g/mol. The Morgan fingerprint density at radius 3 is 2.38 bits per heavy atom. The molecule has 0 amide bonds. The van der Waals surface area contributed by atoms with Gasteiger partial charge in [0, 0.05) is 23.2 Å². The average Bonchev–Trinajstić information content (AvgIpc) is 3.06. The predicted octanol–water partition coefficient (Wildman–Crippen LogP) is 5.94. The SMILES string of the molecule is C[C@@]12CCCCC1=CC=C1CCCC[C@@H]12.[CH]1C=CC=C1.[Co]. The maximum absolute atomic E-state index is 2.54. The summed E-state index contributed by atoms with van der Waals surface area (Å²) in [5, 5.41) is 0. The molecule has 0 saturated heterocycles. The van der Waals surface area contributed by atoms with Crippen LogP contribution in [0.5, 0.6) is 0 Å². The van der Waals surface area contributed by atoms with Gasteiger partial charge in [-0.1, -0.05) is 67.4 Å². The predicted molar refractivity (Wildman–Crippen MR) is 87.3 cm³/mol. The Kier molecular flexibility index (Phi) is 6.13. The first-order valence-corrected chi connectivity index (χ1v) is 8.37. The summed E-state index contributed by atoms with van der Waals surface area (Å²) >= 11 is 0. The van der Waals surface area contributed by atoms with Gasteiger partial charge in [0.05, 0.1) is 0 Å². The van der Waals surface area contributed by atoms with Crippen LogP contribution in [0.3, 0.4) is 0 Å². The van der Waals surface area contributed by atoms with Gasteiger partial charge >= 0.3 is 0 Å². The quantitative estimate of drug-likeness (QED) is 0.517. The van der Waals surface area contributed by atoms with E-state index in [1.807, 2.05) is 30.7 Å². The number of allylic oxidation sites excluding steroid dienone is 8. The summed E-state index contributed by atoms with van der Waals surface area (Å²) in [6.07, 6.45) is 26.4. The van der Waals surface area contributed by atoms with Gasteiger partial charge < -0.3 is 0 Å². The van der Waals surface area contributed by atoms with Gasteiger partial charge in [0.15, 0.2) is 0 Å². The van der Waals surface area contributed by atoms with Gasteiger partial charge in [-0.05, 0) is 49.9 Å². The molecule has 4 aliphatic carbocycles. The van der Waals surface area contributed by atoms with E-state index in [0.717, 1.165) is 5.92 Å². The Balaban J connectivity index is 0.000000231. The van der Waals surface area contributed by atoms with Crippen LogP contribution < -0.4 is 0 Å². The molecular formula is C20H27Co. The topological polar surface area (TPSA) is 0 Å². The van der Waals surface area contributed by atoms with E-state index in [4.69, 9.17) is 0 Å². The normalized spacial score (nSPS) is 32.7. The van der Waals surface area contributed by atoms with Crippen LogP contribution in [0.25, 0.3) is 0 Å². The zero-order chi connectivity index (χ0) is 13.8. The van der Waals surface area contributed by atoms with Crippen molar-refractivity contribution in [3.63, 3.8) is 0 Å². The van der Waals surface area contributed by atoms with Gasteiger partial charge in [0.2, 0.25) is 0 Å². The molecule has 116 valence electrons. The molecule has 0 bridgehead atoms. The van der Waals surface area contributed by atoms with Crippen molar-refractivity contribution in [2.24, 2.45) is 11.3 Å². The number of hydrogen-bond donors (Lipinski definition) is 0. The molecule has 21 heavy (non-hydrogen) atoms. The fourth-order valence-electron chi connectivity index (χ4n) is 4.42. The average molecular weight is 326 g/mol. The fourth-order valence-corrected chi connectivity index (χ4v) is 4.42. The number of fused-ring (bicyclic) bond motifs is 3. The van der Waals surface area contributed by atoms with E-state index < -0.39 is 0 Å². The Bertz CT molecular complexity index is 456. The minimum atomic E-state index is 0. The maximum Gasteiger partial charge on any atom is 0.00506 e. The summed E-state index contributed by atoms with van der Waals surface area (Å²) in [4.78, 5) is 0. The first-order valence-electron chi connectivity index (χ1n) is 8.37. The van der Waals surface area contributed by atoms with Crippen LogP contribution in [-0.4, -0.2) is 0 Å². The molecule has 2 saturated carbocycles. The number of rotatable bonds is 0. The molecule has 2 atom stereocenters. The van der Waals surface area contributed by atoms with Crippen molar-refractivity contribution >= 4 is 0 Å². The number of hydrogen-bond acceptors (Lipinski definition) is 0. The van der Waals surface area contributed by atoms with Gasteiger partial charge in [-0.15, -0.1) is 0 Å². The second-order valence-electron chi connectivity index (χ2n) is 6.82. The molecule has 4 aliphatic rings. The van der Waals surface area contributed by atoms with E-state index in [1.54, 1.807) is 11.1 Å². The standard InChI is InChI=1S/C15H22.C5H5.Co/c1-15-11-5-4-7-13(15)10-9-12-6-2-3-8-14(12)15;1-2-4-5-3-1;/h9-10,14H,2-8,11H2,1H3;1-5H;/t14-,15+;;/m0../s1. The molecule has 0 heterocycles. The summed E-state index contributed by atoms with van der Waals surface area (Å²) in [6, 6.07) is 0. The van der Waals surface area contributed by atoms with E-state index in [0.29, 0.717) is 5.41 Å². The first kappa shape index (κ1) is 16.8. The van der Waals surface area contributed by atoms with Crippen molar-refractivity contribution in [1.29, 1.82) is 0 Å². The Morgan fingerprint density at radius 1 is 0.905 bits per heavy atom. The van der Waals surface area contributed by atoms with Crippen LogP contribution >= 0.6 is 0 Å². The third-order valence-corrected chi connectivity index (χ3v) is 5.60. The van der Waals surface area contributed by atoms with Crippen molar-refractivity contribution in [2.45, 2.75) is 58.3 Å². The minimum Gasteiger partial charge on any atom is -0.0767 e. The van der Waals surface area contributed by atoms with Crippen molar-refractivity contribution < 1.29 is 16.8 Å². The minimum absolute atomic E-state index is 0. The third kappa shape index (κ3) is 3.63. The monoisotopic (exact) mass is 326 g/mol. The van der Waals surface area contributed by atoms with Crippen LogP contribution in [-0.2, 0) is 16.8 Å². The second-order valence-corrected chi connectivity index (χ2v) is 6.82. The van der Waals surface area contributed by atoms with Crippen LogP contribution in [0, 0.1) is 17.8 Å². The van der Waals surface area contributed by atoms with Crippen molar-refractivity contribution in [1.82, 2.24) is 0 Å². The zero-order valence-corrected chi connectivity index (χ0v) is 14.2. The van der Waals surface area contributed by atoms with Crippen molar-refractivity contribution in [3.05, 3.63) is 54.0 Å². The van der Waals surface area contributed by atoms with Gasteiger partial charge in [-0.2, -0.15) is 0 Å². The van der Waals surface area contributed by atoms with Crippen LogP contribution in [0.2, 0.25) is 0 Å². The molecule has 0 unspecified atom stereocenters. The summed E-state index contributed by atoms with van der Waals surface area (Å²) in [5.41, 5.74) is 4.10. The van der Waals surface area contributed by atoms with Crippen LogP contribution in [0.15, 0.2) is 47.6 Å². The van der Waals surface area contributed by atoms with E-state index in [2.05, 4.69) is 19.1 Å². The second kappa shape index (κ2) is 7.65. The molecule has 0 aromatic rings. The zero-order valence-electron chi connectivity index (χ0n) is 13.1. The van der Waals surface area contributed by atoms with Gasteiger partial charge in [-0.3, -0.25) is 0 Å². The Labute approximate surface area is 140 Å². The van der Waals surface area contributed by atoms with E-state index in [9.17, 15) is 0 Å². The molecule has 0 aliphatic heterocycles. The molecule has 0 spiro atoms. The van der Waals surface area contributed by atoms with Crippen LogP contribution in [0.4, 0.5) is 0 Å². The molecule has 1 heteroatoms. The van der Waals surface area contributed by atoms with Crippen molar-refractivity contribution in [3.8, 4) is 0 Å².